The molecule has 23 heavy (non-hydrogen) atoms. The Morgan fingerprint density at radius 3 is 2.96 bits per heavy atom. The minimum absolute atomic E-state index is 0.0367. The summed E-state index contributed by atoms with van der Waals surface area (Å²) in [7, 11) is 0. The predicted octanol–water partition coefficient (Wildman–Crippen LogP) is 3.91. The molecule has 122 valence electrons. The highest BCUT2D eigenvalue weighted by atomic mass is 16.2. The Labute approximate surface area is 137 Å². The highest BCUT2D eigenvalue weighted by Crippen LogP contribution is 2.22. The number of para-hydroxylation sites is 1. The molecule has 4 heteroatoms. The molecule has 1 aromatic heterocycles. The van der Waals surface area contributed by atoms with E-state index < -0.39 is 0 Å². The Morgan fingerprint density at radius 2 is 2.17 bits per heavy atom. The van der Waals surface area contributed by atoms with E-state index in [1.54, 1.807) is 0 Å². The molecule has 1 aliphatic rings. The van der Waals surface area contributed by atoms with Gasteiger partial charge in [-0.15, -0.1) is 0 Å². The van der Waals surface area contributed by atoms with E-state index in [4.69, 9.17) is 0 Å². The quantitative estimate of drug-likeness (QED) is 0.851. The molecule has 0 fully saturated rings. The van der Waals surface area contributed by atoms with Gasteiger partial charge in [-0.05, 0) is 52.0 Å². The summed E-state index contributed by atoms with van der Waals surface area (Å²) in [4.78, 5) is 12.4. The third kappa shape index (κ3) is 3.46. The fourth-order valence-electron chi connectivity index (χ4n) is 3.28. The molecule has 0 aliphatic heterocycles. The minimum atomic E-state index is -0.297. The molecule has 0 saturated carbocycles. The van der Waals surface area contributed by atoms with Crippen LogP contribution in [0.5, 0.6) is 0 Å². The van der Waals surface area contributed by atoms with Gasteiger partial charge in [-0.3, -0.25) is 9.48 Å². The van der Waals surface area contributed by atoms with Crippen LogP contribution in [0.3, 0.4) is 0 Å². The van der Waals surface area contributed by atoms with Gasteiger partial charge in [0, 0.05) is 11.9 Å². The van der Waals surface area contributed by atoms with Gasteiger partial charge in [-0.1, -0.05) is 29.8 Å². The second-order valence-electron chi connectivity index (χ2n) is 6.37. The highest BCUT2D eigenvalue weighted by molar-refractivity contribution is 5.86. The van der Waals surface area contributed by atoms with Crippen molar-refractivity contribution in [1.29, 1.82) is 0 Å². The summed E-state index contributed by atoms with van der Waals surface area (Å²) in [5, 5.41) is 8.73. The summed E-state index contributed by atoms with van der Waals surface area (Å²) in [6.45, 7) is 4.61. The Hall–Kier alpha value is -2.10. The summed E-state index contributed by atoms with van der Waals surface area (Å²) in [5.74, 6) is 0.0367. The van der Waals surface area contributed by atoms with E-state index in [1.807, 2.05) is 42.8 Å². The fraction of sp³-hybridized carbons (Fsp3) is 0.474. The average molecular weight is 311 g/mol. The molecule has 2 aromatic rings. The molecule has 0 saturated heterocycles. The van der Waals surface area contributed by atoms with E-state index in [9.17, 15) is 4.79 Å². The summed E-state index contributed by atoms with van der Waals surface area (Å²) in [5.41, 5.74) is 3.47. The van der Waals surface area contributed by atoms with Crippen molar-refractivity contribution in [3.8, 4) is 0 Å². The number of allylic oxidation sites excluding steroid dienone is 1. The number of carbonyl (C=O) groups is 1. The van der Waals surface area contributed by atoms with Crippen molar-refractivity contribution in [2.75, 3.05) is 6.54 Å². The maximum absolute atomic E-state index is 12.4. The lowest BCUT2D eigenvalue weighted by Crippen LogP contribution is -2.32. The van der Waals surface area contributed by atoms with Crippen LogP contribution >= 0.6 is 0 Å². The van der Waals surface area contributed by atoms with Gasteiger partial charge in [0.15, 0.2) is 0 Å². The summed E-state index contributed by atoms with van der Waals surface area (Å²) < 4.78 is 1.83. The lowest BCUT2D eigenvalue weighted by molar-refractivity contribution is -0.124. The first-order chi connectivity index (χ1) is 11.2. The number of rotatable bonds is 5. The van der Waals surface area contributed by atoms with Gasteiger partial charge >= 0.3 is 0 Å². The lowest BCUT2D eigenvalue weighted by atomic mass is 9.97. The number of nitrogens with one attached hydrogen (secondary N) is 1. The highest BCUT2D eigenvalue weighted by Gasteiger charge is 2.19. The maximum Gasteiger partial charge on any atom is 0.244 e. The summed E-state index contributed by atoms with van der Waals surface area (Å²) in [6, 6.07) is 7.76. The second kappa shape index (κ2) is 6.99. The van der Waals surface area contributed by atoms with Crippen LogP contribution in [0.2, 0.25) is 0 Å². The molecular formula is C19H25N3O. The zero-order valence-electron chi connectivity index (χ0n) is 14.0. The van der Waals surface area contributed by atoms with Crippen LogP contribution in [0.15, 0.2) is 35.9 Å². The van der Waals surface area contributed by atoms with E-state index in [-0.39, 0.29) is 11.9 Å². The smallest absolute Gasteiger partial charge is 0.244 e. The normalized spacial score (nSPS) is 16.2. The fourth-order valence-corrected chi connectivity index (χ4v) is 3.28. The van der Waals surface area contributed by atoms with Gasteiger partial charge in [0.25, 0.3) is 0 Å². The van der Waals surface area contributed by atoms with Crippen molar-refractivity contribution in [2.24, 2.45) is 0 Å². The largest absolute Gasteiger partial charge is 0.354 e. The van der Waals surface area contributed by atoms with Crippen molar-refractivity contribution in [1.82, 2.24) is 15.1 Å². The zero-order valence-corrected chi connectivity index (χ0v) is 14.0. The number of aromatic nitrogens is 2. The van der Waals surface area contributed by atoms with Crippen molar-refractivity contribution in [3.63, 3.8) is 0 Å². The Bertz CT molecular complexity index is 729. The van der Waals surface area contributed by atoms with Crippen LogP contribution in [0.1, 0.15) is 50.8 Å². The monoisotopic (exact) mass is 311 g/mol. The number of amides is 1. The Balaban J connectivity index is 1.63. The molecule has 1 atom stereocenters. The van der Waals surface area contributed by atoms with Crippen molar-refractivity contribution >= 4 is 16.8 Å². The topological polar surface area (TPSA) is 46.9 Å². The molecule has 1 N–H and O–H groups in total. The van der Waals surface area contributed by atoms with Crippen LogP contribution in [0.4, 0.5) is 0 Å². The van der Waals surface area contributed by atoms with Gasteiger partial charge in [0.1, 0.15) is 6.04 Å². The Morgan fingerprint density at radius 1 is 1.35 bits per heavy atom. The molecule has 1 heterocycles. The predicted molar refractivity (Wildman–Crippen MR) is 93.4 cm³/mol. The SMILES string of the molecule is Cc1nn(C(C)C(=O)NCCC2=CCCCC2)c2ccccc12. The number of carbonyl (C=O) groups excluding carboxylic acids is 1. The zero-order chi connectivity index (χ0) is 16.2. The van der Waals surface area contributed by atoms with Gasteiger partial charge in [0.2, 0.25) is 5.91 Å². The van der Waals surface area contributed by atoms with Crippen LogP contribution in [0, 0.1) is 6.92 Å². The number of nitrogens with zero attached hydrogens (tertiary/aromatic N) is 2. The van der Waals surface area contributed by atoms with Gasteiger partial charge in [-0.25, -0.2) is 0 Å². The number of hydrogen-bond acceptors (Lipinski definition) is 2. The third-order valence-corrected chi connectivity index (χ3v) is 4.68. The number of hydrogen-bond donors (Lipinski definition) is 1. The van der Waals surface area contributed by atoms with E-state index in [1.165, 1.54) is 31.3 Å². The lowest BCUT2D eigenvalue weighted by Gasteiger charge is -2.16. The van der Waals surface area contributed by atoms with Crippen LogP contribution in [-0.2, 0) is 4.79 Å². The van der Waals surface area contributed by atoms with E-state index in [2.05, 4.69) is 16.5 Å². The molecule has 0 radical (unpaired) electrons. The number of fused-ring (bicyclic) bond motifs is 1. The van der Waals surface area contributed by atoms with Crippen molar-refractivity contribution in [3.05, 3.63) is 41.6 Å². The van der Waals surface area contributed by atoms with Gasteiger partial charge < -0.3 is 5.32 Å². The molecule has 4 nitrogen and oxygen atoms in total. The summed E-state index contributed by atoms with van der Waals surface area (Å²) >= 11 is 0. The molecule has 1 amide bonds. The van der Waals surface area contributed by atoms with Gasteiger partial charge in [0.05, 0.1) is 11.2 Å². The molecular weight excluding hydrogens is 286 g/mol. The molecule has 0 bridgehead atoms. The minimum Gasteiger partial charge on any atom is -0.354 e. The number of aryl methyl sites for hydroxylation is 1. The molecule has 0 spiro atoms. The van der Waals surface area contributed by atoms with Crippen LogP contribution < -0.4 is 5.32 Å². The standard InChI is InChI=1S/C19H25N3O/c1-14-17-10-6-7-11-18(17)22(21-14)15(2)19(23)20-13-12-16-8-4-3-5-9-16/h6-8,10-11,15H,3-5,9,12-13H2,1-2H3,(H,20,23). The Kier molecular flexibility index (Phi) is 4.79. The first kappa shape index (κ1) is 15.8. The van der Waals surface area contributed by atoms with Crippen molar-refractivity contribution in [2.45, 2.75) is 52.0 Å². The molecule has 1 aliphatic carbocycles. The maximum atomic E-state index is 12.4. The third-order valence-electron chi connectivity index (χ3n) is 4.68. The molecule has 1 aromatic carbocycles. The second-order valence-corrected chi connectivity index (χ2v) is 6.37. The molecule has 3 rings (SSSR count). The summed E-state index contributed by atoms with van der Waals surface area (Å²) in [6.07, 6.45) is 8.28. The molecule has 1 unspecified atom stereocenters. The van der Waals surface area contributed by atoms with Crippen LogP contribution in [-0.4, -0.2) is 22.2 Å². The first-order valence-electron chi connectivity index (χ1n) is 8.56. The van der Waals surface area contributed by atoms with Crippen molar-refractivity contribution < 1.29 is 4.79 Å². The first-order valence-corrected chi connectivity index (χ1v) is 8.56. The van der Waals surface area contributed by atoms with E-state index in [0.717, 1.165) is 23.0 Å². The average Bonchev–Trinajstić information content (AvgIpc) is 2.92. The number of benzene rings is 1. The van der Waals surface area contributed by atoms with E-state index >= 15 is 0 Å². The van der Waals surface area contributed by atoms with Crippen LogP contribution in [0.25, 0.3) is 10.9 Å². The van der Waals surface area contributed by atoms with Gasteiger partial charge in [-0.2, -0.15) is 5.10 Å². The van der Waals surface area contributed by atoms with E-state index in [0.29, 0.717) is 6.54 Å².